The fraction of sp³-hybridized carbons (Fsp3) is 0.0400. The molecule has 0 heterocycles. The Morgan fingerprint density at radius 1 is 0.571 bits per heavy atom. The Kier molecular flexibility index (Phi) is 4.30. The van der Waals surface area contributed by atoms with Crippen molar-refractivity contribution in [2.45, 2.75) is 6.42 Å². The number of hydrogen-bond acceptors (Lipinski definition) is 0. The first-order valence-corrected chi connectivity index (χ1v) is 10.6. The minimum atomic E-state index is -0.909. The van der Waals surface area contributed by atoms with Gasteiger partial charge in [-0.15, -0.1) is 0 Å². The monoisotopic (exact) mass is 386 g/mol. The van der Waals surface area contributed by atoms with Crippen molar-refractivity contribution in [1.82, 2.24) is 0 Å². The minimum absolute atomic E-state index is 0.247. The van der Waals surface area contributed by atoms with Gasteiger partial charge in [0.25, 0.3) is 0 Å². The highest BCUT2D eigenvalue weighted by Gasteiger charge is 2.26. The first-order valence-electron chi connectivity index (χ1n) is 9.22. The molecular weight excluding hydrogens is 369 g/mol. The molecule has 0 saturated heterocycles. The fourth-order valence-corrected chi connectivity index (χ4v) is 6.41. The molecule has 0 saturated carbocycles. The Morgan fingerprint density at radius 2 is 1.14 bits per heavy atom. The molecule has 0 amide bonds. The number of halogens is 2. The first kappa shape index (κ1) is 17.3. The van der Waals surface area contributed by atoms with Crippen molar-refractivity contribution in [3.8, 4) is 11.1 Å². The molecule has 5 rings (SSSR count). The summed E-state index contributed by atoms with van der Waals surface area (Å²) in [7, 11) is -0.909. The lowest BCUT2D eigenvalue weighted by Gasteiger charge is -2.22. The predicted octanol–water partition coefficient (Wildman–Crippen LogP) is 5.29. The molecule has 4 aromatic rings. The SMILES string of the molecule is Fc1ccc(P(c2ccc(F)cc2)c2cccc3c2Cc2ccccc2-3)cc1. The van der Waals surface area contributed by atoms with E-state index in [4.69, 9.17) is 0 Å². The van der Waals surface area contributed by atoms with Gasteiger partial charge in [-0.1, -0.05) is 66.7 Å². The van der Waals surface area contributed by atoms with Gasteiger partial charge in [0.05, 0.1) is 0 Å². The van der Waals surface area contributed by atoms with Crippen LogP contribution >= 0.6 is 7.92 Å². The Morgan fingerprint density at radius 3 is 1.79 bits per heavy atom. The van der Waals surface area contributed by atoms with Crippen molar-refractivity contribution in [1.29, 1.82) is 0 Å². The highest BCUT2D eigenvalue weighted by atomic mass is 31.1. The van der Waals surface area contributed by atoms with Crippen molar-refractivity contribution in [2.75, 3.05) is 0 Å². The van der Waals surface area contributed by atoms with E-state index in [1.54, 1.807) is 0 Å². The van der Waals surface area contributed by atoms with E-state index in [1.165, 1.54) is 51.8 Å². The van der Waals surface area contributed by atoms with E-state index in [1.807, 2.05) is 24.3 Å². The maximum Gasteiger partial charge on any atom is 0.123 e. The molecule has 0 atom stereocenters. The van der Waals surface area contributed by atoms with Gasteiger partial charge in [-0.25, -0.2) is 8.78 Å². The van der Waals surface area contributed by atoms with Gasteiger partial charge in [0.2, 0.25) is 0 Å². The standard InChI is InChI=1S/C25H17F2P/c26-18-8-12-20(13-9-18)28(21-14-10-19(27)11-15-21)25-7-3-6-23-22-5-2-1-4-17(22)16-24(23)25/h1-15H,16H2. The van der Waals surface area contributed by atoms with Crippen LogP contribution in [0.2, 0.25) is 0 Å². The summed E-state index contributed by atoms with van der Waals surface area (Å²) in [5.41, 5.74) is 5.21. The highest BCUT2D eigenvalue weighted by molar-refractivity contribution is 7.79. The molecular formula is C25H17F2P. The summed E-state index contributed by atoms with van der Waals surface area (Å²) >= 11 is 0. The summed E-state index contributed by atoms with van der Waals surface area (Å²) in [6.07, 6.45) is 0.892. The predicted molar refractivity (Wildman–Crippen MR) is 113 cm³/mol. The minimum Gasteiger partial charge on any atom is -0.207 e. The molecule has 3 heteroatoms. The molecule has 0 N–H and O–H groups in total. The number of fused-ring (bicyclic) bond motifs is 3. The van der Waals surface area contributed by atoms with Crippen LogP contribution in [0.25, 0.3) is 11.1 Å². The van der Waals surface area contributed by atoms with Gasteiger partial charge in [-0.2, -0.15) is 0 Å². The largest absolute Gasteiger partial charge is 0.207 e. The summed E-state index contributed by atoms with van der Waals surface area (Å²) in [6, 6.07) is 28.4. The van der Waals surface area contributed by atoms with Gasteiger partial charge >= 0.3 is 0 Å². The van der Waals surface area contributed by atoms with E-state index in [0.717, 1.165) is 17.0 Å². The molecule has 0 aliphatic heterocycles. The summed E-state index contributed by atoms with van der Waals surface area (Å²) in [5, 5.41) is 3.38. The van der Waals surface area contributed by atoms with Crippen LogP contribution in [0, 0.1) is 11.6 Å². The number of rotatable bonds is 3. The Labute approximate surface area is 164 Å². The van der Waals surface area contributed by atoms with Gasteiger partial charge < -0.3 is 0 Å². The maximum absolute atomic E-state index is 13.6. The normalized spacial score (nSPS) is 12.1. The second-order valence-electron chi connectivity index (χ2n) is 6.93. The lowest BCUT2D eigenvalue weighted by molar-refractivity contribution is 0.628. The Balaban J connectivity index is 1.71. The second-order valence-corrected chi connectivity index (χ2v) is 9.11. The molecule has 0 unspecified atom stereocenters. The van der Waals surface area contributed by atoms with E-state index in [0.29, 0.717) is 0 Å². The molecule has 1 aliphatic rings. The van der Waals surface area contributed by atoms with E-state index in [-0.39, 0.29) is 11.6 Å². The Bertz CT molecular complexity index is 1100. The molecule has 136 valence electrons. The summed E-state index contributed by atoms with van der Waals surface area (Å²) in [4.78, 5) is 0. The number of hydrogen-bond donors (Lipinski definition) is 0. The lowest BCUT2D eigenvalue weighted by Crippen LogP contribution is -2.23. The van der Waals surface area contributed by atoms with Crippen LogP contribution in [0.15, 0.2) is 91.0 Å². The van der Waals surface area contributed by atoms with Crippen LogP contribution in [0.4, 0.5) is 8.78 Å². The summed E-state index contributed by atoms with van der Waals surface area (Å²) in [5.74, 6) is -0.494. The van der Waals surface area contributed by atoms with Crippen LogP contribution in [0.1, 0.15) is 11.1 Å². The lowest BCUT2D eigenvalue weighted by atomic mass is 10.1. The average molecular weight is 386 g/mol. The van der Waals surface area contributed by atoms with E-state index in [9.17, 15) is 8.78 Å². The van der Waals surface area contributed by atoms with E-state index >= 15 is 0 Å². The molecule has 0 aromatic heterocycles. The second kappa shape index (κ2) is 6.96. The summed E-state index contributed by atoms with van der Waals surface area (Å²) in [6.45, 7) is 0. The zero-order valence-corrected chi connectivity index (χ0v) is 16.0. The highest BCUT2D eigenvalue weighted by Crippen LogP contribution is 2.42. The first-order chi connectivity index (χ1) is 13.7. The quantitative estimate of drug-likeness (QED) is 0.370. The molecule has 4 aromatic carbocycles. The fourth-order valence-electron chi connectivity index (χ4n) is 3.96. The van der Waals surface area contributed by atoms with Gasteiger partial charge in [0.1, 0.15) is 11.6 Å². The number of benzene rings is 4. The zero-order chi connectivity index (χ0) is 19.1. The molecule has 1 aliphatic carbocycles. The third kappa shape index (κ3) is 2.95. The van der Waals surface area contributed by atoms with Gasteiger partial charge in [0, 0.05) is 0 Å². The van der Waals surface area contributed by atoms with E-state index < -0.39 is 7.92 Å². The molecule has 0 radical (unpaired) electrons. The average Bonchev–Trinajstić information content (AvgIpc) is 3.11. The molecule has 28 heavy (non-hydrogen) atoms. The topological polar surface area (TPSA) is 0 Å². The van der Waals surface area contributed by atoms with Gasteiger partial charge in [-0.05, 0) is 76.8 Å². The van der Waals surface area contributed by atoms with Gasteiger partial charge in [0.15, 0.2) is 0 Å². The molecule has 0 spiro atoms. The smallest absolute Gasteiger partial charge is 0.123 e. The summed E-state index contributed by atoms with van der Waals surface area (Å²) < 4.78 is 27.1. The molecule has 0 bridgehead atoms. The Hall–Kier alpha value is -2.83. The van der Waals surface area contributed by atoms with Gasteiger partial charge in [-0.3, -0.25) is 0 Å². The van der Waals surface area contributed by atoms with Crippen molar-refractivity contribution < 1.29 is 8.78 Å². The third-order valence-corrected chi connectivity index (χ3v) is 7.77. The maximum atomic E-state index is 13.6. The van der Waals surface area contributed by atoms with Crippen molar-refractivity contribution in [3.63, 3.8) is 0 Å². The van der Waals surface area contributed by atoms with Crippen LogP contribution < -0.4 is 15.9 Å². The molecule has 0 fully saturated rings. The van der Waals surface area contributed by atoms with E-state index in [2.05, 4.69) is 42.5 Å². The zero-order valence-electron chi connectivity index (χ0n) is 15.1. The van der Waals surface area contributed by atoms with Crippen LogP contribution in [-0.4, -0.2) is 0 Å². The molecule has 0 nitrogen and oxygen atoms in total. The third-order valence-electron chi connectivity index (χ3n) is 5.24. The van der Waals surface area contributed by atoms with Crippen molar-refractivity contribution in [2.24, 2.45) is 0 Å². The van der Waals surface area contributed by atoms with Crippen molar-refractivity contribution >= 4 is 23.8 Å². The van der Waals surface area contributed by atoms with Crippen molar-refractivity contribution in [3.05, 3.63) is 114 Å². The van der Waals surface area contributed by atoms with Crippen LogP contribution in [0.3, 0.4) is 0 Å². The van der Waals surface area contributed by atoms with Crippen LogP contribution in [-0.2, 0) is 6.42 Å². The van der Waals surface area contributed by atoms with Crippen LogP contribution in [0.5, 0.6) is 0 Å².